The number of carbonyl (C=O) groups is 2. The molecule has 2 aromatic carbocycles. The number of nitrogens with one attached hydrogen (secondary N) is 2. The molecule has 8 nitrogen and oxygen atoms in total. The smallest absolute Gasteiger partial charge is 0.407 e. The van der Waals surface area contributed by atoms with Gasteiger partial charge in [-0.25, -0.2) is 9.78 Å². The summed E-state index contributed by atoms with van der Waals surface area (Å²) < 4.78 is 7.49. The topological polar surface area (TPSA) is 105 Å². The Labute approximate surface area is 230 Å². The third-order valence-electron chi connectivity index (χ3n) is 6.94. The van der Waals surface area contributed by atoms with Gasteiger partial charge in [0.15, 0.2) is 0 Å². The number of nitrogens with zero attached hydrogens (tertiary/aromatic N) is 2. The van der Waals surface area contributed by atoms with Crippen molar-refractivity contribution in [3.63, 3.8) is 0 Å². The van der Waals surface area contributed by atoms with Crippen LogP contribution in [0.3, 0.4) is 0 Å². The molecule has 1 aromatic heterocycles. The lowest BCUT2D eigenvalue weighted by atomic mass is 9.76. The zero-order valence-electron chi connectivity index (χ0n) is 23.3. The summed E-state index contributed by atoms with van der Waals surface area (Å²) in [6, 6.07) is 19.1. The first-order valence-corrected chi connectivity index (χ1v) is 13.6. The van der Waals surface area contributed by atoms with Gasteiger partial charge < -0.3 is 19.7 Å². The highest BCUT2D eigenvalue weighted by Gasteiger charge is 2.39. The molecule has 0 saturated heterocycles. The standard InChI is InChI=1S/C31H40N4O4/c1-30(2,3)39-29(38)33-25(19-22-11-7-5-8-12-22)26(36)21-31(4,20-23-13-9-6-10-14-23)27(37)34-28-32-17-18-35(28)24-15-16-24/h5-14,17-18,24-26,36H,15-16,19-21H2,1-4H3,(H,33,38)(H,32,34,37)/t25-,26-,31+/m0/s1. The summed E-state index contributed by atoms with van der Waals surface area (Å²) in [4.78, 5) is 31.0. The molecule has 0 bridgehead atoms. The van der Waals surface area contributed by atoms with E-state index in [0.717, 1.165) is 24.0 Å². The van der Waals surface area contributed by atoms with Crippen LogP contribution in [0.25, 0.3) is 0 Å². The zero-order valence-corrected chi connectivity index (χ0v) is 23.3. The Hall–Kier alpha value is -3.65. The van der Waals surface area contributed by atoms with Gasteiger partial charge in [-0.2, -0.15) is 0 Å². The van der Waals surface area contributed by atoms with Crippen LogP contribution in [0.15, 0.2) is 73.1 Å². The molecule has 3 N–H and O–H groups in total. The second-order valence-corrected chi connectivity index (χ2v) is 11.8. The maximum absolute atomic E-state index is 13.9. The second-order valence-electron chi connectivity index (χ2n) is 11.8. The first kappa shape index (κ1) is 28.4. The molecule has 0 spiro atoms. The van der Waals surface area contributed by atoms with Crippen LogP contribution in [0, 0.1) is 5.41 Å². The Balaban J connectivity index is 1.58. The number of carbonyl (C=O) groups excluding carboxylic acids is 2. The molecule has 0 unspecified atom stereocenters. The van der Waals surface area contributed by atoms with Gasteiger partial charge >= 0.3 is 6.09 Å². The Morgan fingerprint density at radius 1 is 1.03 bits per heavy atom. The monoisotopic (exact) mass is 532 g/mol. The second kappa shape index (κ2) is 12.0. The fraction of sp³-hybridized carbons (Fsp3) is 0.452. The van der Waals surface area contributed by atoms with Crippen molar-refractivity contribution in [2.24, 2.45) is 5.41 Å². The van der Waals surface area contributed by atoms with Crippen molar-refractivity contribution in [2.75, 3.05) is 5.32 Å². The number of hydrogen-bond donors (Lipinski definition) is 3. The van der Waals surface area contributed by atoms with Crippen LogP contribution in [-0.2, 0) is 22.4 Å². The molecule has 4 rings (SSSR count). The average Bonchev–Trinajstić information content (AvgIpc) is 3.62. The largest absolute Gasteiger partial charge is 0.444 e. The van der Waals surface area contributed by atoms with E-state index in [-0.39, 0.29) is 12.3 Å². The maximum atomic E-state index is 13.9. The van der Waals surface area contributed by atoms with Gasteiger partial charge in [-0.1, -0.05) is 67.6 Å². The Kier molecular flexibility index (Phi) is 8.75. The number of aliphatic hydroxyl groups excluding tert-OH is 1. The molecular formula is C31H40N4O4. The van der Waals surface area contributed by atoms with E-state index in [1.165, 1.54) is 0 Å². The summed E-state index contributed by atoms with van der Waals surface area (Å²) in [7, 11) is 0. The van der Waals surface area contributed by atoms with E-state index in [9.17, 15) is 14.7 Å². The van der Waals surface area contributed by atoms with Crippen molar-refractivity contribution in [2.45, 2.75) is 83.6 Å². The third kappa shape index (κ3) is 8.17. The van der Waals surface area contributed by atoms with E-state index in [1.807, 2.05) is 78.4 Å². The zero-order chi connectivity index (χ0) is 28.0. The summed E-state index contributed by atoms with van der Waals surface area (Å²) in [5, 5.41) is 17.5. The van der Waals surface area contributed by atoms with Gasteiger partial charge in [0, 0.05) is 18.4 Å². The minimum atomic E-state index is -1.03. The molecule has 3 atom stereocenters. The Morgan fingerprint density at radius 3 is 2.23 bits per heavy atom. The predicted octanol–water partition coefficient (Wildman–Crippen LogP) is 5.29. The minimum Gasteiger partial charge on any atom is -0.444 e. The summed E-state index contributed by atoms with van der Waals surface area (Å²) >= 11 is 0. The van der Waals surface area contributed by atoms with Crippen LogP contribution >= 0.6 is 0 Å². The van der Waals surface area contributed by atoms with Crippen molar-refractivity contribution in [3.8, 4) is 0 Å². The highest BCUT2D eigenvalue weighted by molar-refractivity contribution is 5.94. The van der Waals surface area contributed by atoms with Crippen LogP contribution in [0.1, 0.15) is 64.1 Å². The molecule has 2 amide bonds. The van der Waals surface area contributed by atoms with E-state index >= 15 is 0 Å². The molecule has 0 aliphatic heterocycles. The first-order chi connectivity index (χ1) is 18.5. The van der Waals surface area contributed by atoms with Crippen molar-refractivity contribution in [3.05, 3.63) is 84.2 Å². The van der Waals surface area contributed by atoms with Crippen LogP contribution in [0.2, 0.25) is 0 Å². The number of amides is 2. The number of alkyl carbamates (subject to hydrolysis) is 1. The molecule has 1 aliphatic rings. The van der Waals surface area contributed by atoms with Gasteiger partial charge in [-0.15, -0.1) is 0 Å². The number of aromatic nitrogens is 2. The van der Waals surface area contributed by atoms with Crippen LogP contribution in [0.5, 0.6) is 0 Å². The van der Waals surface area contributed by atoms with Crippen LogP contribution < -0.4 is 10.6 Å². The summed E-state index contributed by atoms with van der Waals surface area (Å²) in [5.74, 6) is 0.290. The summed E-state index contributed by atoms with van der Waals surface area (Å²) in [5.41, 5.74) is 0.259. The maximum Gasteiger partial charge on any atom is 0.407 e. The molecule has 39 heavy (non-hydrogen) atoms. The molecule has 1 saturated carbocycles. The van der Waals surface area contributed by atoms with E-state index in [1.54, 1.807) is 27.0 Å². The fourth-order valence-electron chi connectivity index (χ4n) is 4.82. The average molecular weight is 533 g/mol. The molecule has 0 radical (unpaired) electrons. The van der Waals surface area contributed by atoms with Crippen molar-refractivity contribution in [1.29, 1.82) is 0 Å². The molecule has 1 aliphatic carbocycles. The third-order valence-corrected chi connectivity index (χ3v) is 6.94. The van der Waals surface area contributed by atoms with Crippen molar-refractivity contribution >= 4 is 17.9 Å². The minimum absolute atomic E-state index is 0.116. The first-order valence-electron chi connectivity index (χ1n) is 13.6. The van der Waals surface area contributed by atoms with E-state index < -0.39 is 29.3 Å². The normalized spacial score (nSPS) is 16.5. The lowest BCUT2D eigenvalue weighted by molar-refractivity contribution is -0.126. The molecule has 1 fully saturated rings. The van der Waals surface area contributed by atoms with Gasteiger partial charge in [0.1, 0.15) is 5.60 Å². The number of rotatable bonds is 11. The quantitative estimate of drug-likeness (QED) is 0.311. The van der Waals surface area contributed by atoms with Crippen LogP contribution in [-0.4, -0.2) is 44.4 Å². The van der Waals surface area contributed by atoms with Gasteiger partial charge in [-0.05, 0) is 64.0 Å². The lowest BCUT2D eigenvalue weighted by Crippen LogP contribution is -2.50. The van der Waals surface area contributed by atoms with Crippen molar-refractivity contribution in [1.82, 2.24) is 14.9 Å². The Morgan fingerprint density at radius 2 is 1.64 bits per heavy atom. The van der Waals surface area contributed by atoms with E-state index in [2.05, 4.69) is 15.6 Å². The van der Waals surface area contributed by atoms with Crippen LogP contribution in [0.4, 0.5) is 10.7 Å². The molecule has 3 aromatic rings. The number of imidazole rings is 1. The highest BCUT2D eigenvalue weighted by Crippen LogP contribution is 2.38. The van der Waals surface area contributed by atoms with E-state index in [4.69, 9.17) is 4.74 Å². The van der Waals surface area contributed by atoms with Gasteiger partial charge in [0.2, 0.25) is 11.9 Å². The van der Waals surface area contributed by atoms with Crippen molar-refractivity contribution < 1.29 is 19.4 Å². The number of anilines is 1. The summed E-state index contributed by atoms with van der Waals surface area (Å²) in [6.45, 7) is 7.24. The summed E-state index contributed by atoms with van der Waals surface area (Å²) in [6.07, 6.45) is 4.99. The highest BCUT2D eigenvalue weighted by atomic mass is 16.6. The number of benzene rings is 2. The van der Waals surface area contributed by atoms with Gasteiger partial charge in [0.05, 0.1) is 17.6 Å². The number of ether oxygens (including phenoxy) is 1. The molecule has 208 valence electrons. The fourth-order valence-corrected chi connectivity index (χ4v) is 4.82. The molecule has 8 heteroatoms. The molecular weight excluding hydrogens is 492 g/mol. The number of aliphatic hydroxyl groups is 1. The predicted molar refractivity (Wildman–Crippen MR) is 151 cm³/mol. The number of hydrogen-bond acceptors (Lipinski definition) is 5. The van der Waals surface area contributed by atoms with E-state index in [0.29, 0.717) is 24.8 Å². The van der Waals surface area contributed by atoms with Gasteiger partial charge in [-0.3, -0.25) is 10.1 Å². The van der Waals surface area contributed by atoms with Gasteiger partial charge in [0.25, 0.3) is 0 Å². The Bertz CT molecular complexity index is 1230. The lowest BCUT2D eigenvalue weighted by Gasteiger charge is -2.34. The molecule has 1 heterocycles. The SMILES string of the molecule is CC(C)(C)OC(=O)N[C@@H](Cc1ccccc1)[C@@H](O)C[C@@](C)(Cc1ccccc1)C(=O)Nc1nccn1C1CC1.